The Hall–Kier alpha value is -1.37. The van der Waals surface area contributed by atoms with Crippen molar-refractivity contribution in [3.05, 3.63) is 17.5 Å². The summed E-state index contributed by atoms with van der Waals surface area (Å²) in [5.74, 6) is -0.0235. The monoisotopic (exact) mass is 327 g/mol. The summed E-state index contributed by atoms with van der Waals surface area (Å²) < 4.78 is 24.2. The minimum absolute atomic E-state index is 0.0652. The molecule has 1 saturated heterocycles. The van der Waals surface area contributed by atoms with Crippen LogP contribution in [0.2, 0.25) is 0 Å². The van der Waals surface area contributed by atoms with E-state index >= 15 is 0 Å². The molecular weight excluding hydrogens is 302 g/mol. The van der Waals surface area contributed by atoms with Gasteiger partial charge in [0.05, 0.1) is 11.4 Å². The van der Waals surface area contributed by atoms with E-state index in [9.17, 15) is 13.2 Å². The van der Waals surface area contributed by atoms with Crippen molar-refractivity contribution < 1.29 is 13.2 Å². The number of aromatic nitrogens is 2. The molecule has 0 bridgehead atoms. The maximum absolute atomic E-state index is 12.5. The van der Waals surface area contributed by atoms with Crippen molar-refractivity contribution >= 4 is 15.7 Å². The summed E-state index contributed by atoms with van der Waals surface area (Å²) >= 11 is 0. The normalized spacial score (nSPS) is 20.9. The third kappa shape index (κ3) is 3.69. The fourth-order valence-corrected chi connectivity index (χ4v) is 4.32. The maximum atomic E-state index is 12.5. The lowest BCUT2D eigenvalue weighted by Crippen LogP contribution is -2.46. The van der Waals surface area contributed by atoms with Crippen LogP contribution in [0.5, 0.6) is 0 Å². The highest BCUT2D eigenvalue weighted by atomic mass is 32.2. The van der Waals surface area contributed by atoms with E-state index < -0.39 is 15.1 Å². The Kier molecular flexibility index (Phi) is 5.26. The van der Waals surface area contributed by atoms with Crippen molar-refractivity contribution in [1.29, 1.82) is 0 Å². The summed E-state index contributed by atoms with van der Waals surface area (Å²) in [6.45, 7) is 6.45. The Morgan fingerprint density at radius 1 is 1.55 bits per heavy atom. The molecule has 2 heterocycles. The fraction of sp³-hybridized carbons (Fsp3) is 0.733. The molecule has 1 aliphatic rings. The number of sulfone groups is 1. The standard InChI is InChI=1S/C15H25N3O3S/c1-4-8-22(20,21)12(3)15(19)18-7-5-6-13(10-18)14-9-11(2)16-17-14/h9,12-13H,4-8,10H2,1-3H3,(H,16,17). The number of likely N-dealkylation sites (tertiary alicyclic amines) is 1. The first-order valence-electron chi connectivity index (χ1n) is 7.87. The van der Waals surface area contributed by atoms with Crippen molar-refractivity contribution in [2.75, 3.05) is 18.8 Å². The van der Waals surface area contributed by atoms with Gasteiger partial charge >= 0.3 is 0 Å². The van der Waals surface area contributed by atoms with Gasteiger partial charge in [-0.2, -0.15) is 5.10 Å². The van der Waals surface area contributed by atoms with Crippen molar-refractivity contribution in [2.45, 2.75) is 51.2 Å². The van der Waals surface area contributed by atoms with Crippen LogP contribution in [0.25, 0.3) is 0 Å². The number of piperidine rings is 1. The molecule has 1 aliphatic heterocycles. The molecule has 0 aromatic carbocycles. The Bertz CT molecular complexity index is 624. The van der Waals surface area contributed by atoms with Gasteiger partial charge in [0.2, 0.25) is 5.91 Å². The molecule has 2 rings (SSSR count). The first-order chi connectivity index (χ1) is 10.3. The molecule has 2 unspecified atom stereocenters. The summed E-state index contributed by atoms with van der Waals surface area (Å²) in [4.78, 5) is 14.2. The summed E-state index contributed by atoms with van der Waals surface area (Å²) in [5, 5.41) is 6.25. The number of hydrogen-bond acceptors (Lipinski definition) is 4. The lowest BCUT2D eigenvalue weighted by atomic mass is 9.94. The Morgan fingerprint density at radius 3 is 2.86 bits per heavy atom. The highest BCUT2D eigenvalue weighted by molar-refractivity contribution is 7.92. The SMILES string of the molecule is CCCS(=O)(=O)C(C)C(=O)N1CCCC(c2cc(C)[nH]n2)C1. The van der Waals surface area contributed by atoms with Gasteiger partial charge in [-0.3, -0.25) is 9.89 Å². The zero-order valence-electron chi connectivity index (χ0n) is 13.5. The van der Waals surface area contributed by atoms with E-state index in [2.05, 4.69) is 10.2 Å². The van der Waals surface area contributed by atoms with E-state index in [1.54, 1.807) is 4.90 Å². The number of carbonyl (C=O) groups is 1. The van der Waals surface area contributed by atoms with Gasteiger partial charge in [0.25, 0.3) is 0 Å². The van der Waals surface area contributed by atoms with E-state index in [-0.39, 0.29) is 17.6 Å². The van der Waals surface area contributed by atoms with Crippen LogP contribution in [0.1, 0.15) is 50.4 Å². The van der Waals surface area contributed by atoms with Crippen LogP contribution < -0.4 is 0 Å². The van der Waals surface area contributed by atoms with Crippen molar-refractivity contribution in [2.24, 2.45) is 0 Å². The minimum atomic E-state index is -3.35. The number of carbonyl (C=O) groups excluding carboxylic acids is 1. The third-order valence-corrected chi connectivity index (χ3v) is 6.51. The Morgan fingerprint density at radius 2 is 2.27 bits per heavy atom. The molecule has 124 valence electrons. The average molecular weight is 327 g/mol. The molecule has 6 nitrogen and oxygen atoms in total. The molecule has 1 amide bonds. The second-order valence-electron chi connectivity index (χ2n) is 6.11. The Labute approximate surface area is 132 Å². The topological polar surface area (TPSA) is 83.1 Å². The summed E-state index contributed by atoms with van der Waals surface area (Å²) in [5.41, 5.74) is 1.96. The van der Waals surface area contributed by atoms with Crippen LogP contribution >= 0.6 is 0 Å². The smallest absolute Gasteiger partial charge is 0.240 e. The molecule has 0 spiro atoms. The summed E-state index contributed by atoms with van der Waals surface area (Å²) in [7, 11) is -3.35. The highest BCUT2D eigenvalue weighted by Gasteiger charge is 2.34. The van der Waals surface area contributed by atoms with Gasteiger partial charge in [0.15, 0.2) is 9.84 Å². The fourth-order valence-electron chi connectivity index (χ4n) is 2.94. The van der Waals surface area contributed by atoms with Crippen LogP contribution in [-0.2, 0) is 14.6 Å². The van der Waals surface area contributed by atoms with Gasteiger partial charge in [-0.15, -0.1) is 0 Å². The van der Waals surface area contributed by atoms with E-state index in [0.29, 0.717) is 19.5 Å². The number of nitrogens with zero attached hydrogens (tertiary/aromatic N) is 2. The van der Waals surface area contributed by atoms with Crippen LogP contribution in [0, 0.1) is 6.92 Å². The quantitative estimate of drug-likeness (QED) is 0.891. The first kappa shape index (κ1) is 17.0. The molecule has 2 atom stereocenters. The number of nitrogens with one attached hydrogen (secondary N) is 1. The molecule has 1 N–H and O–H groups in total. The lowest BCUT2D eigenvalue weighted by Gasteiger charge is -2.33. The predicted molar refractivity (Wildman–Crippen MR) is 85.4 cm³/mol. The minimum Gasteiger partial charge on any atom is -0.341 e. The van der Waals surface area contributed by atoms with E-state index in [1.807, 2.05) is 19.9 Å². The molecule has 1 aromatic heterocycles. The molecule has 0 aliphatic carbocycles. The number of aryl methyl sites for hydroxylation is 1. The van der Waals surface area contributed by atoms with Crippen molar-refractivity contribution in [1.82, 2.24) is 15.1 Å². The summed E-state index contributed by atoms with van der Waals surface area (Å²) in [6.07, 6.45) is 2.39. The van der Waals surface area contributed by atoms with Gasteiger partial charge in [0, 0.05) is 24.7 Å². The van der Waals surface area contributed by atoms with E-state index in [4.69, 9.17) is 0 Å². The van der Waals surface area contributed by atoms with Gasteiger partial charge < -0.3 is 4.90 Å². The molecule has 22 heavy (non-hydrogen) atoms. The number of aromatic amines is 1. The number of rotatable bonds is 5. The molecule has 0 saturated carbocycles. The van der Waals surface area contributed by atoms with E-state index in [0.717, 1.165) is 24.2 Å². The van der Waals surface area contributed by atoms with Crippen LogP contribution in [0.4, 0.5) is 0 Å². The third-order valence-electron chi connectivity index (χ3n) is 4.25. The van der Waals surface area contributed by atoms with E-state index in [1.165, 1.54) is 6.92 Å². The summed E-state index contributed by atoms with van der Waals surface area (Å²) in [6, 6.07) is 2.00. The maximum Gasteiger partial charge on any atom is 0.240 e. The second-order valence-corrected chi connectivity index (χ2v) is 8.55. The van der Waals surface area contributed by atoms with Crippen LogP contribution in [-0.4, -0.2) is 53.5 Å². The highest BCUT2D eigenvalue weighted by Crippen LogP contribution is 2.26. The van der Waals surface area contributed by atoms with Crippen molar-refractivity contribution in [3.63, 3.8) is 0 Å². The second kappa shape index (κ2) is 6.81. The number of H-pyrrole nitrogens is 1. The molecular formula is C15H25N3O3S. The van der Waals surface area contributed by atoms with Crippen LogP contribution in [0.3, 0.4) is 0 Å². The average Bonchev–Trinajstić information content (AvgIpc) is 2.92. The molecule has 0 radical (unpaired) electrons. The molecule has 1 fully saturated rings. The van der Waals surface area contributed by atoms with Gasteiger partial charge in [0.1, 0.15) is 5.25 Å². The van der Waals surface area contributed by atoms with Gasteiger partial charge in [-0.25, -0.2) is 8.42 Å². The van der Waals surface area contributed by atoms with Gasteiger partial charge in [-0.05, 0) is 39.2 Å². The number of hydrogen-bond donors (Lipinski definition) is 1. The van der Waals surface area contributed by atoms with Crippen molar-refractivity contribution in [3.8, 4) is 0 Å². The predicted octanol–water partition coefficient (Wildman–Crippen LogP) is 1.64. The zero-order chi connectivity index (χ0) is 16.3. The molecule has 1 aromatic rings. The van der Waals surface area contributed by atoms with Gasteiger partial charge in [-0.1, -0.05) is 6.92 Å². The lowest BCUT2D eigenvalue weighted by molar-refractivity contribution is -0.131. The largest absolute Gasteiger partial charge is 0.341 e. The van der Waals surface area contributed by atoms with Crippen LogP contribution in [0.15, 0.2) is 6.07 Å². The Balaban J connectivity index is 2.07. The zero-order valence-corrected chi connectivity index (χ0v) is 14.3. The number of amides is 1. The molecule has 7 heteroatoms. The first-order valence-corrected chi connectivity index (χ1v) is 9.59.